The van der Waals surface area contributed by atoms with E-state index in [1.54, 1.807) is 6.92 Å². The second-order valence-electron chi connectivity index (χ2n) is 0.519. The summed E-state index contributed by atoms with van der Waals surface area (Å²) in [4.78, 5) is -0.222. The van der Waals surface area contributed by atoms with Gasteiger partial charge in [-0.05, 0) is 6.92 Å². The zero-order chi connectivity index (χ0) is 3.58. The fourth-order valence-electron chi connectivity index (χ4n) is 0. The van der Waals surface area contributed by atoms with Crippen molar-refractivity contribution in [1.82, 2.24) is 0 Å². The quantitative estimate of drug-likeness (QED) is 0.443. The first-order valence-electron chi connectivity index (χ1n) is 1.01. The van der Waals surface area contributed by atoms with Crippen LogP contribution in [0, 0.1) is 0 Å². The lowest BCUT2D eigenvalue weighted by Crippen LogP contribution is -1.63. The van der Waals surface area contributed by atoms with Crippen LogP contribution in [0.1, 0.15) is 6.92 Å². The molecule has 0 aromatic heterocycles. The van der Waals surface area contributed by atoms with Gasteiger partial charge in [-0.25, -0.2) is 0 Å². The van der Waals surface area contributed by atoms with E-state index in [9.17, 15) is 0 Å². The molecule has 0 nitrogen and oxygen atoms in total. The van der Waals surface area contributed by atoms with Crippen LogP contribution in [-0.2, 0) is 0 Å². The van der Waals surface area contributed by atoms with Crippen molar-refractivity contribution >= 4 is 36.7 Å². The van der Waals surface area contributed by atoms with Crippen molar-refractivity contribution in [2.75, 3.05) is 0 Å². The zero-order valence-electron chi connectivity index (χ0n) is 2.83. The van der Waals surface area contributed by atoms with Crippen molar-refractivity contribution in [2.24, 2.45) is 0 Å². The molecule has 0 heterocycles. The van der Waals surface area contributed by atoms with Gasteiger partial charge >= 0.3 is 0 Å². The van der Waals surface area contributed by atoms with E-state index in [1.165, 1.54) is 0 Å². The molecular weight excluding hydrogens is 127 g/mol. The second-order valence-corrected chi connectivity index (χ2v) is 2.05. The lowest BCUT2D eigenvalue weighted by Gasteiger charge is -1.72. The van der Waals surface area contributed by atoms with Crippen LogP contribution in [0.5, 0.6) is 0 Å². The third-order valence-corrected chi connectivity index (χ3v) is 0. The van der Waals surface area contributed by atoms with Gasteiger partial charge in [0.25, 0.3) is 0 Å². The molecule has 0 atom stereocenters. The maximum atomic E-state index is 5.04. The fraction of sp³-hybridized carbons (Fsp3) is 1.00. The predicted octanol–water partition coefficient (Wildman–Crippen LogP) is 1.92. The van der Waals surface area contributed by atoms with E-state index >= 15 is 0 Å². The van der Waals surface area contributed by atoms with Gasteiger partial charge in [-0.2, -0.15) is 13.5 Å². The molecule has 0 saturated carbocycles. The lowest BCUT2D eigenvalue weighted by molar-refractivity contribution is 1.39. The molecule has 0 unspecified atom stereocenters. The summed E-state index contributed by atoms with van der Waals surface area (Å²) in [6.07, 6.45) is 0. The van der Waals surface area contributed by atoms with Crippen molar-refractivity contribution in [1.29, 1.82) is 0 Å². The van der Waals surface area contributed by atoms with Crippen LogP contribution in [0.25, 0.3) is 0 Å². The zero-order valence-corrected chi connectivity index (χ0v) is 5.35. The maximum Gasteiger partial charge on any atom is 0.105 e. The molecule has 0 aliphatic heterocycles. The molecular formula is C2H6Cl2S. The minimum Gasteiger partial charge on any atom is -0.197 e. The van der Waals surface area contributed by atoms with Gasteiger partial charge in [0, 0.05) is 0 Å². The van der Waals surface area contributed by atoms with Gasteiger partial charge in [-0.15, -0.1) is 23.2 Å². The van der Waals surface area contributed by atoms with Gasteiger partial charge in [0.05, 0.1) is 0 Å². The molecule has 0 bridgehead atoms. The van der Waals surface area contributed by atoms with Gasteiger partial charge in [0.2, 0.25) is 0 Å². The first-order valence-corrected chi connectivity index (χ1v) is 1.89. The monoisotopic (exact) mass is 132 g/mol. The van der Waals surface area contributed by atoms with Gasteiger partial charge in [-0.1, -0.05) is 0 Å². The second kappa shape index (κ2) is 4.93. The molecule has 0 aliphatic rings. The smallest absolute Gasteiger partial charge is 0.105 e. The van der Waals surface area contributed by atoms with E-state index < -0.39 is 0 Å². The molecule has 3 heteroatoms. The van der Waals surface area contributed by atoms with Gasteiger partial charge < -0.3 is 0 Å². The topological polar surface area (TPSA) is 0 Å². The Balaban J connectivity index is 0. The van der Waals surface area contributed by atoms with E-state index in [4.69, 9.17) is 23.2 Å². The summed E-state index contributed by atoms with van der Waals surface area (Å²) in [6.45, 7) is 1.70. The van der Waals surface area contributed by atoms with Crippen molar-refractivity contribution in [2.45, 2.75) is 11.8 Å². The summed E-state index contributed by atoms with van der Waals surface area (Å²) < 4.78 is 0. The Kier molecular flexibility index (Phi) is 9.20. The van der Waals surface area contributed by atoms with E-state index in [2.05, 4.69) is 0 Å². The molecule has 5 heavy (non-hydrogen) atoms. The van der Waals surface area contributed by atoms with E-state index in [-0.39, 0.29) is 18.3 Å². The van der Waals surface area contributed by atoms with Crippen molar-refractivity contribution in [3.63, 3.8) is 0 Å². The molecule has 0 N–H and O–H groups in total. The van der Waals surface area contributed by atoms with Gasteiger partial charge in [0.1, 0.15) is 4.84 Å². The third-order valence-electron chi connectivity index (χ3n) is 0. The van der Waals surface area contributed by atoms with Crippen LogP contribution >= 0.6 is 36.7 Å². The number of hydrogen-bond donors (Lipinski definition) is 0. The van der Waals surface area contributed by atoms with E-state index in [0.29, 0.717) is 0 Å². The molecule has 0 aromatic rings. The highest BCUT2D eigenvalue weighted by atomic mass is 35.5. The molecule has 0 aromatic carbocycles. The Morgan fingerprint density at radius 1 is 1.40 bits per heavy atom. The Hall–Kier alpha value is 0.930. The van der Waals surface area contributed by atoms with E-state index in [1.807, 2.05) is 0 Å². The van der Waals surface area contributed by atoms with Crippen LogP contribution in [0.2, 0.25) is 0 Å². The minimum atomic E-state index is -0.222. The first kappa shape index (κ1) is 9.33. The van der Waals surface area contributed by atoms with Crippen LogP contribution in [-0.4, -0.2) is 4.84 Å². The number of hydrogen-bond acceptors (Lipinski definition) is 0. The normalized spacial score (nSPS) is 7.20. The van der Waals surface area contributed by atoms with Crippen molar-refractivity contribution in [3.8, 4) is 0 Å². The molecule has 0 rings (SSSR count). The van der Waals surface area contributed by atoms with Crippen LogP contribution in [0.4, 0.5) is 0 Å². The van der Waals surface area contributed by atoms with Gasteiger partial charge in [0.15, 0.2) is 0 Å². The average Bonchev–Trinajstić information content (AvgIpc) is 0.811. The molecule has 0 saturated heterocycles. The molecule has 0 amide bonds. The highest BCUT2D eigenvalue weighted by Gasteiger charge is 1.75. The van der Waals surface area contributed by atoms with Gasteiger partial charge in [-0.3, -0.25) is 0 Å². The van der Waals surface area contributed by atoms with Crippen molar-refractivity contribution < 1.29 is 0 Å². The summed E-state index contributed by atoms with van der Waals surface area (Å²) in [7, 11) is 0. The lowest BCUT2D eigenvalue weighted by atomic mass is 11.0. The largest absolute Gasteiger partial charge is 0.197 e. The summed E-state index contributed by atoms with van der Waals surface area (Å²) in [5.74, 6) is 0. The standard InChI is InChI=1S/C2H4Cl2.H2S/c1-2(3)4;/h2H,1H3;1H2. The number of halogens is 2. The van der Waals surface area contributed by atoms with E-state index in [0.717, 1.165) is 0 Å². The summed E-state index contributed by atoms with van der Waals surface area (Å²) in [6, 6.07) is 0. The van der Waals surface area contributed by atoms with Crippen LogP contribution < -0.4 is 0 Å². The first-order chi connectivity index (χ1) is 1.73. The Morgan fingerprint density at radius 3 is 1.40 bits per heavy atom. The Morgan fingerprint density at radius 2 is 1.40 bits per heavy atom. The van der Waals surface area contributed by atoms with Crippen LogP contribution in [0.3, 0.4) is 0 Å². The molecule has 0 aliphatic carbocycles. The fourth-order valence-corrected chi connectivity index (χ4v) is 0. The van der Waals surface area contributed by atoms with Crippen LogP contribution in [0.15, 0.2) is 0 Å². The predicted molar refractivity (Wildman–Crippen MR) is 31.5 cm³/mol. The summed E-state index contributed by atoms with van der Waals surface area (Å²) >= 11 is 10.1. The molecule has 0 fully saturated rings. The highest BCUT2D eigenvalue weighted by Crippen LogP contribution is 1.95. The number of rotatable bonds is 0. The molecule has 0 radical (unpaired) electrons. The Labute approximate surface area is 48.9 Å². The molecule has 34 valence electrons. The minimum absolute atomic E-state index is 0. The average molecular weight is 133 g/mol. The summed E-state index contributed by atoms with van der Waals surface area (Å²) in [5.41, 5.74) is 0. The number of alkyl halides is 2. The maximum absolute atomic E-state index is 5.04. The highest BCUT2D eigenvalue weighted by molar-refractivity contribution is 7.59. The molecule has 0 spiro atoms. The Bertz CT molecular complexity index is 12.4. The SMILES string of the molecule is CC(Cl)Cl.S. The summed E-state index contributed by atoms with van der Waals surface area (Å²) in [5, 5.41) is 0. The third kappa shape index (κ3) is 48.9. The van der Waals surface area contributed by atoms with Crippen molar-refractivity contribution in [3.05, 3.63) is 0 Å².